The van der Waals surface area contributed by atoms with Crippen LogP contribution in [0.1, 0.15) is 27.7 Å². The van der Waals surface area contributed by atoms with Gasteiger partial charge in [-0.3, -0.25) is 4.79 Å². The van der Waals surface area contributed by atoms with E-state index in [4.69, 9.17) is 0 Å². The Kier molecular flexibility index (Phi) is 8.29. The monoisotopic (exact) mass is 228 g/mol. The van der Waals surface area contributed by atoms with E-state index in [9.17, 15) is 4.79 Å². The second-order valence-corrected chi connectivity index (χ2v) is 3.92. The number of hydrogen-bond acceptors (Lipinski definition) is 2. The molecule has 0 atom stereocenters. The second kappa shape index (κ2) is 9.00. The first kappa shape index (κ1) is 14.7. The highest BCUT2D eigenvalue weighted by Gasteiger charge is 2.01. The van der Waals surface area contributed by atoms with Gasteiger partial charge < -0.3 is 16.0 Å². The summed E-state index contributed by atoms with van der Waals surface area (Å²) in [5.74, 6) is 1.19. The number of nitrogens with zero attached hydrogens (tertiary/aromatic N) is 1. The van der Waals surface area contributed by atoms with Crippen LogP contribution in [0.3, 0.4) is 0 Å². The second-order valence-electron chi connectivity index (χ2n) is 3.92. The fourth-order valence-corrected chi connectivity index (χ4v) is 1.05. The fourth-order valence-electron chi connectivity index (χ4n) is 1.05. The highest BCUT2D eigenvalue weighted by Crippen LogP contribution is 1.86. The summed E-state index contributed by atoms with van der Waals surface area (Å²) >= 11 is 0. The van der Waals surface area contributed by atoms with Gasteiger partial charge in [0, 0.05) is 19.6 Å². The summed E-state index contributed by atoms with van der Waals surface area (Å²) in [5, 5.41) is 8.98. The zero-order chi connectivity index (χ0) is 12.4. The van der Waals surface area contributed by atoms with Crippen molar-refractivity contribution in [1.82, 2.24) is 16.0 Å². The molecular weight excluding hydrogens is 204 g/mol. The van der Waals surface area contributed by atoms with Gasteiger partial charge in [0.1, 0.15) is 6.54 Å². The number of carbonyl (C=O) groups is 1. The van der Waals surface area contributed by atoms with Crippen LogP contribution in [-0.4, -0.2) is 38.0 Å². The molecule has 1 amide bonds. The van der Waals surface area contributed by atoms with Crippen LogP contribution in [0, 0.1) is 5.92 Å². The van der Waals surface area contributed by atoms with E-state index in [0.29, 0.717) is 18.4 Å². The van der Waals surface area contributed by atoms with Gasteiger partial charge >= 0.3 is 0 Å². The zero-order valence-corrected chi connectivity index (χ0v) is 10.8. The Morgan fingerprint density at radius 1 is 1.12 bits per heavy atom. The number of carbonyl (C=O) groups excluding carboxylic acids is 1. The Bertz CT molecular complexity index is 226. The number of nitrogens with one attached hydrogen (secondary N) is 3. The molecule has 0 fully saturated rings. The van der Waals surface area contributed by atoms with Crippen LogP contribution in [0.15, 0.2) is 4.99 Å². The molecular formula is C11H24N4O. The summed E-state index contributed by atoms with van der Waals surface area (Å²) in [6.07, 6.45) is 0. The minimum Gasteiger partial charge on any atom is -0.357 e. The topological polar surface area (TPSA) is 65.5 Å². The summed E-state index contributed by atoms with van der Waals surface area (Å²) in [6, 6.07) is 0. The third-order valence-corrected chi connectivity index (χ3v) is 1.78. The molecule has 0 bridgehead atoms. The van der Waals surface area contributed by atoms with Crippen LogP contribution in [0.5, 0.6) is 0 Å². The number of guanidine groups is 1. The minimum atomic E-state index is -0.0516. The van der Waals surface area contributed by atoms with E-state index in [2.05, 4.69) is 34.8 Å². The molecule has 0 radical (unpaired) electrons. The Hall–Kier alpha value is -1.26. The van der Waals surface area contributed by atoms with Crippen LogP contribution in [0.2, 0.25) is 0 Å². The lowest BCUT2D eigenvalue weighted by Gasteiger charge is -2.12. The van der Waals surface area contributed by atoms with Gasteiger partial charge in [0.2, 0.25) is 5.91 Å². The largest absolute Gasteiger partial charge is 0.357 e. The van der Waals surface area contributed by atoms with Crippen molar-refractivity contribution in [1.29, 1.82) is 0 Å². The quantitative estimate of drug-likeness (QED) is 0.453. The first-order valence-electron chi connectivity index (χ1n) is 5.89. The van der Waals surface area contributed by atoms with E-state index in [-0.39, 0.29) is 12.5 Å². The van der Waals surface area contributed by atoms with Crippen molar-refractivity contribution < 1.29 is 4.79 Å². The Labute approximate surface area is 98.1 Å². The van der Waals surface area contributed by atoms with Crippen molar-refractivity contribution in [3.63, 3.8) is 0 Å². The van der Waals surface area contributed by atoms with Crippen molar-refractivity contribution in [2.75, 3.05) is 26.2 Å². The summed E-state index contributed by atoms with van der Waals surface area (Å²) < 4.78 is 0. The SMILES string of the molecule is CCNC(=O)CN=C(NCC)NCC(C)C. The van der Waals surface area contributed by atoms with E-state index in [0.717, 1.165) is 13.1 Å². The van der Waals surface area contributed by atoms with Gasteiger partial charge in [-0.1, -0.05) is 13.8 Å². The Morgan fingerprint density at radius 3 is 2.25 bits per heavy atom. The molecule has 0 saturated heterocycles. The molecule has 0 unspecified atom stereocenters. The van der Waals surface area contributed by atoms with Crippen LogP contribution >= 0.6 is 0 Å². The predicted molar refractivity (Wildman–Crippen MR) is 67.5 cm³/mol. The fraction of sp³-hybridized carbons (Fsp3) is 0.818. The van der Waals surface area contributed by atoms with E-state index >= 15 is 0 Å². The molecule has 0 rings (SSSR count). The molecule has 0 aliphatic carbocycles. The molecule has 94 valence electrons. The molecule has 3 N–H and O–H groups in total. The Balaban J connectivity index is 4.07. The van der Waals surface area contributed by atoms with E-state index < -0.39 is 0 Å². The zero-order valence-electron chi connectivity index (χ0n) is 10.8. The van der Waals surface area contributed by atoms with Crippen LogP contribution in [0.25, 0.3) is 0 Å². The lowest BCUT2D eigenvalue weighted by molar-refractivity contribution is -0.119. The van der Waals surface area contributed by atoms with Gasteiger partial charge in [-0.25, -0.2) is 4.99 Å². The van der Waals surface area contributed by atoms with E-state index in [1.807, 2.05) is 13.8 Å². The molecule has 0 heterocycles. The van der Waals surface area contributed by atoms with Crippen LogP contribution in [0.4, 0.5) is 0 Å². The molecule has 0 saturated carbocycles. The number of likely N-dealkylation sites (N-methyl/N-ethyl adjacent to an activating group) is 1. The molecule has 0 aromatic rings. The predicted octanol–water partition coefficient (Wildman–Crippen LogP) is 0.334. The maximum atomic E-state index is 11.2. The molecule has 5 heteroatoms. The number of rotatable bonds is 6. The third-order valence-electron chi connectivity index (χ3n) is 1.78. The van der Waals surface area contributed by atoms with Gasteiger partial charge in [-0.05, 0) is 19.8 Å². The average molecular weight is 228 g/mol. The van der Waals surface area contributed by atoms with Crippen molar-refractivity contribution >= 4 is 11.9 Å². The minimum absolute atomic E-state index is 0.0516. The maximum absolute atomic E-state index is 11.2. The normalized spacial score (nSPS) is 11.4. The highest BCUT2D eigenvalue weighted by atomic mass is 16.1. The van der Waals surface area contributed by atoms with E-state index in [1.54, 1.807) is 0 Å². The molecule has 0 aromatic carbocycles. The molecule has 5 nitrogen and oxygen atoms in total. The van der Waals surface area contributed by atoms with Crippen LogP contribution in [-0.2, 0) is 4.79 Å². The van der Waals surface area contributed by atoms with Crippen molar-refractivity contribution in [2.45, 2.75) is 27.7 Å². The van der Waals surface area contributed by atoms with Gasteiger partial charge in [0.05, 0.1) is 0 Å². The first-order chi connectivity index (χ1) is 7.60. The lowest BCUT2D eigenvalue weighted by atomic mass is 10.2. The molecule has 0 aliphatic heterocycles. The van der Waals surface area contributed by atoms with E-state index in [1.165, 1.54) is 0 Å². The number of hydrogen-bond donors (Lipinski definition) is 3. The smallest absolute Gasteiger partial charge is 0.241 e. The number of aliphatic imine (C=N–C) groups is 1. The Morgan fingerprint density at radius 2 is 1.75 bits per heavy atom. The first-order valence-corrected chi connectivity index (χ1v) is 5.89. The summed E-state index contributed by atoms with van der Waals surface area (Å²) in [5.41, 5.74) is 0. The summed E-state index contributed by atoms with van der Waals surface area (Å²) in [4.78, 5) is 15.4. The highest BCUT2D eigenvalue weighted by molar-refractivity contribution is 5.84. The van der Waals surface area contributed by atoms with Crippen molar-refractivity contribution in [3.05, 3.63) is 0 Å². The van der Waals surface area contributed by atoms with Crippen LogP contribution < -0.4 is 16.0 Å². The summed E-state index contributed by atoms with van der Waals surface area (Å²) in [7, 11) is 0. The van der Waals surface area contributed by atoms with Crippen molar-refractivity contribution in [3.8, 4) is 0 Å². The third kappa shape index (κ3) is 8.08. The van der Waals surface area contributed by atoms with Gasteiger partial charge in [0.15, 0.2) is 5.96 Å². The van der Waals surface area contributed by atoms with Gasteiger partial charge in [-0.15, -0.1) is 0 Å². The molecule has 0 aromatic heterocycles. The standard InChI is InChI=1S/C11H24N4O/c1-5-12-10(16)8-15-11(13-6-2)14-7-9(3)4/h9H,5-8H2,1-4H3,(H,12,16)(H2,13,14,15). The maximum Gasteiger partial charge on any atom is 0.241 e. The molecule has 0 spiro atoms. The summed E-state index contributed by atoms with van der Waals surface area (Å²) in [6.45, 7) is 10.6. The average Bonchev–Trinajstić information content (AvgIpc) is 2.22. The van der Waals surface area contributed by atoms with Gasteiger partial charge in [0.25, 0.3) is 0 Å². The number of amides is 1. The lowest BCUT2D eigenvalue weighted by Crippen LogP contribution is -2.40. The molecule has 0 aliphatic rings. The molecule has 16 heavy (non-hydrogen) atoms. The van der Waals surface area contributed by atoms with Crippen molar-refractivity contribution in [2.24, 2.45) is 10.9 Å². The van der Waals surface area contributed by atoms with Gasteiger partial charge in [-0.2, -0.15) is 0 Å².